The first kappa shape index (κ1) is 16.2. The SMILES string of the molecule is Cc1cccc(S(=O)(=O)N2CCCC(Cc3nccn3C)C2)c1. The molecular weight excluding hydrogens is 310 g/mol. The molecule has 124 valence electrons. The van der Waals surface area contributed by atoms with Crippen LogP contribution in [-0.2, 0) is 23.5 Å². The van der Waals surface area contributed by atoms with Crippen LogP contribution in [0.2, 0.25) is 0 Å². The van der Waals surface area contributed by atoms with Gasteiger partial charge in [0, 0.05) is 39.0 Å². The fraction of sp³-hybridized carbons (Fsp3) is 0.471. The zero-order valence-corrected chi connectivity index (χ0v) is 14.5. The van der Waals surface area contributed by atoms with Gasteiger partial charge in [0.2, 0.25) is 10.0 Å². The summed E-state index contributed by atoms with van der Waals surface area (Å²) in [6.45, 7) is 3.09. The highest BCUT2D eigenvalue weighted by Gasteiger charge is 2.30. The van der Waals surface area contributed by atoms with Crippen LogP contribution in [0.25, 0.3) is 0 Å². The van der Waals surface area contributed by atoms with E-state index in [1.807, 2.05) is 30.8 Å². The van der Waals surface area contributed by atoms with Crippen molar-refractivity contribution in [3.63, 3.8) is 0 Å². The van der Waals surface area contributed by atoms with Crippen LogP contribution in [0, 0.1) is 12.8 Å². The smallest absolute Gasteiger partial charge is 0.243 e. The third kappa shape index (κ3) is 3.48. The summed E-state index contributed by atoms with van der Waals surface area (Å²) in [6.07, 6.45) is 6.50. The van der Waals surface area contributed by atoms with Gasteiger partial charge in [-0.15, -0.1) is 0 Å². The standard InChI is InChI=1S/C17H23N3O2S/c1-14-5-3-7-16(11-14)23(21,22)20-9-4-6-15(13-20)12-17-18-8-10-19(17)2/h3,5,7-8,10-11,15H,4,6,9,12-13H2,1-2H3. The van der Waals surface area contributed by atoms with E-state index in [9.17, 15) is 8.42 Å². The summed E-state index contributed by atoms with van der Waals surface area (Å²) in [7, 11) is -1.42. The Balaban J connectivity index is 1.76. The lowest BCUT2D eigenvalue weighted by Gasteiger charge is -2.31. The van der Waals surface area contributed by atoms with E-state index in [0.29, 0.717) is 23.9 Å². The Morgan fingerprint density at radius 3 is 2.87 bits per heavy atom. The number of aromatic nitrogens is 2. The van der Waals surface area contributed by atoms with Crippen LogP contribution in [-0.4, -0.2) is 35.4 Å². The summed E-state index contributed by atoms with van der Waals surface area (Å²) in [4.78, 5) is 4.76. The normalized spacial score (nSPS) is 19.8. The molecule has 2 aromatic rings. The first-order chi connectivity index (χ1) is 11.0. The summed E-state index contributed by atoms with van der Waals surface area (Å²) in [6, 6.07) is 7.15. The molecule has 1 fully saturated rings. The van der Waals surface area contributed by atoms with Crippen molar-refractivity contribution in [2.75, 3.05) is 13.1 Å². The number of hydrogen-bond acceptors (Lipinski definition) is 3. The maximum absolute atomic E-state index is 12.9. The fourth-order valence-corrected chi connectivity index (χ4v) is 4.85. The van der Waals surface area contributed by atoms with Crippen LogP contribution in [0.1, 0.15) is 24.2 Å². The van der Waals surface area contributed by atoms with Crippen molar-refractivity contribution in [3.8, 4) is 0 Å². The zero-order valence-electron chi connectivity index (χ0n) is 13.6. The third-order valence-electron chi connectivity index (χ3n) is 4.50. The molecule has 0 amide bonds. The van der Waals surface area contributed by atoms with Crippen LogP contribution in [0.15, 0.2) is 41.6 Å². The van der Waals surface area contributed by atoms with Gasteiger partial charge >= 0.3 is 0 Å². The second-order valence-electron chi connectivity index (χ2n) is 6.35. The van der Waals surface area contributed by atoms with Gasteiger partial charge in [-0.05, 0) is 43.4 Å². The molecule has 1 aliphatic rings. The molecule has 2 heterocycles. The Morgan fingerprint density at radius 2 is 2.17 bits per heavy atom. The minimum atomic E-state index is -3.40. The molecule has 23 heavy (non-hydrogen) atoms. The van der Waals surface area contributed by atoms with Gasteiger partial charge in [0.05, 0.1) is 4.90 Å². The maximum atomic E-state index is 12.9. The predicted octanol–water partition coefficient (Wildman–Crippen LogP) is 2.37. The highest BCUT2D eigenvalue weighted by Crippen LogP contribution is 2.26. The van der Waals surface area contributed by atoms with E-state index in [1.165, 1.54) is 0 Å². The van der Waals surface area contributed by atoms with Crippen molar-refractivity contribution < 1.29 is 8.42 Å². The van der Waals surface area contributed by atoms with Crippen LogP contribution in [0.5, 0.6) is 0 Å². The molecule has 1 unspecified atom stereocenters. The molecule has 0 radical (unpaired) electrons. The second kappa shape index (κ2) is 6.45. The van der Waals surface area contributed by atoms with E-state index in [4.69, 9.17) is 0 Å². The van der Waals surface area contributed by atoms with Gasteiger partial charge in [-0.1, -0.05) is 12.1 Å². The second-order valence-corrected chi connectivity index (χ2v) is 8.28. The molecule has 5 nitrogen and oxygen atoms in total. The molecule has 1 aromatic carbocycles. The third-order valence-corrected chi connectivity index (χ3v) is 6.36. The van der Waals surface area contributed by atoms with Crippen LogP contribution in [0.4, 0.5) is 0 Å². The van der Waals surface area contributed by atoms with Crippen LogP contribution < -0.4 is 0 Å². The Morgan fingerprint density at radius 1 is 1.35 bits per heavy atom. The van der Waals surface area contributed by atoms with E-state index in [0.717, 1.165) is 30.7 Å². The van der Waals surface area contributed by atoms with E-state index < -0.39 is 10.0 Å². The molecular formula is C17H23N3O2S. The lowest BCUT2D eigenvalue weighted by molar-refractivity contribution is 0.262. The molecule has 0 N–H and O–H groups in total. The summed E-state index contributed by atoms with van der Waals surface area (Å²) in [5, 5.41) is 0. The van der Waals surface area contributed by atoms with Crippen LogP contribution >= 0.6 is 0 Å². The summed E-state index contributed by atoms with van der Waals surface area (Å²) in [5.74, 6) is 1.34. The Bertz CT molecular complexity index is 783. The molecule has 3 rings (SSSR count). The lowest BCUT2D eigenvalue weighted by Crippen LogP contribution is -2.40. The van der Waals surface area contributed by atoms with Gasteiger partial charge in [0.25, 0.3) is 0 Å². The van der Waals surface area contributed by atoms with Gasteiger partial charge < -0.3 is 4.57 Å². The molecule has 0 spiro atoms. The lowest BCUT2D eigenvalue weighted by atomic mass is 9.96. The number of rotatable bonds is 4. The number of benzene rings is 1. The number of sulfonamides is 1. The first-order valence-corrected chi connectivity index (χ1v) is 9.44. The molecule has 1 saturated heterocycles. The maximum Gasteiger partial charge on any atom is 0.243 e. The Labute approximate surface area is 138 Å². The topological polar surface area (TPSA) is 55.2 Å². The highest BCUT2D eigenvalue weighted by molar-refractivity contribution is 7.89. The van der Waals surface area contributed by atoms with E-state index >= 15 is 0 Å². The van der Waals surface area contributed by atoms with Gasteiger partial charge in [0.1, 0.15) is 5.82 Å². The van der Waals surface area contributed by atoms with Crippen molar-refractivity contribution in [2.24, 2.45) is 13.0 Å². The minimum absolute atomic E-state index is 0.324. The highest BCUT2D eigenvalue weighted by atomic mass is 32.2. The van der Waals surface area contributed by atoms with Crippen molar-refractivity contribution in [3.05, 3.63) is 48.0 Å². The molecule has 1 aliphatic heterocycles. The van der Waals surface area contributed by atoms with Crippen LogP contribution in [0.3, 0.4) is 0 Å². The van der Waals surface area contributed by atoms with Gasteiger partial charge in [0.15, 0.2) is 0 Å². The quantitative estimate of drug-likeness (QED) is 0.863. The molecule has 0 aliphatic carbocycles. The Hall–Kier alpha value is -1.66. The summed E-state index contributed by atoms with van der Waals surface area (Å²) in [5.41, 5.74) is 0.965. The van der Waals surface area contributed by atoms with Crippen molar-refractivity contribution in [1.82, 2.24) is 13.9 Å². The molecule has 1 aromatic heterocycles. The number of imidazole rings is 1. The van der Waals surface area contributed by atoms with Gasteiger partial charge in [-0.3, -0.25) is 0 Å². The first-order valence-electron chi connectivity index (χ1n) is 8.00. The van der Waals surface area contributed by atoms with Crippen molar-refractivity contribution in [1.29, 1.82) is 0 Å². The van der Waals surface area contributed by atoms with Crippen molar-refractivity contribution in [2.45, 2.75) is 31.1 Å². The largest absolute Gasteiger partial charge is 0.338 e. The average Bonchev–Trinajstić information content (AvgIpc) is 2.93. The Kier molecular flexibility index (Phi) is 4.55. The monoisotopic (exact) mass is 333 g/mol. The number of piperidine rings is 1. The average molecular weight is 333 g/mol. The van der Waals surface area contributed by atoms with E-state index in [-0.39, 0.29) is 0 Å². The fourth-order valence-electron chi connectivity index (χ4n) is 3.19. The van der Waals surface area contributed by atoms with Crippen molar-refractivity contribution >= 4 is 10.0 Å². The van der Waals surface area contributed by atoms with E-state index in [1.54, 1.807) is 28.7 Å². The minimum Gasteiger partial charge on any atom is -0.338 e. The van der Waals surface area contributed by atoms with Gasteiger partial charge in [-0.2, -0.15) is 4.31 Å². The molecule has 6 heteroatoms. The number of hydrogen-bond donors (Lipinski definition) is 0. The predicted molar refractivity (Wildman–Crippen MR) is 89.6 cm³/mol. The summed E-state index contributed by atoms with van der Waals surface area (Å²) >= 11 is 0. The molecule has 0 bridgehead atoms. The number of aryl methyl sites for hydroxylation is 2. The van der Waals surface area contributed by atoms with E-state index in [2.05, 4.69) is 4.98 Å². The zero-order chi connectivity index (χ0) is 16.4. The number of nitrogens with zero attached hydrogens (tertiary/aromatic N) is 3. The molecule has 0 saturated carbocycles. The molecule has 1 atom stereocenters. The summed E-state index contributed by atoms with van der Waals surface area (Å²) < 4.78 is 29.4. The van der Waals surface area contributed by atoms with Gasteiger partial charge in [-0.25, -0.2) is 13.4 Å².